The van der Waals surface area contributed by atoms with Gasteiger partial charge in [-0.15, -0.1) is 0 Å². The van der Waals surface area contributed by atoms with Gasteiger partial charge in [-0.2, -0.15) is 0 Å². The molecule has 0 radical (unpaired) electrons. The van der Waals surface area contributed by atoms with Gasteiger partial charge in [0, 0.05) is 35.1 Å². The molecule has 5 spiro atoms. The van der Waals surface area contributed by atoms with Crippen LogP contribution < -0.4 is 9.80 Å². The monoisotopic (exact) mass is 650 g/mol. The largest absolute Gasteiger partial charge is 0.269 e. The van der Waals surface area contributed by atoms with E-state index in [4.69, 9.17) is 0 Å². The highest BCUT2D eigenvalue weighted by atomic mass is 16.2. The number of anilines is 2. The molecule has 11 fully saturated rings. The van der Waals surface area contributed by atoms with E-state index in [1.54, 1.807) is 0 Å². The zero-order valence-corrected chi connectivity index (χ0v) is 28.9. The van der Waals surface area contributed by atoms with Gasteiger partial charge in [-0.1, -0.05) is 24.3 Å². The highest BCUT2D eigenvalue weighted by molar-refractivity contribution is 6.29. The number of rotatable bonds is 4. The van der Waals surface area contributed by atoms with Crippen molar-refractivity contribution in [3.8, 4) is 0 Å². The number of fused-ring (bicyclic) bond motifs is 1. The van der Waals surface area contributed by atoms with Gasteiger partial charge >= 0.3 is 0 Å². The smallest absolute Gasteiger partial charge is 0.258 e. The van der Waals surface area contributed by atoms with E-state index in [0.717, 1.165) is 39.5 Å². The molecule has 49 heavy (non-hydrogen) atoms. The molecule has 2 heterocycles. The van der Waals surface area contributed by atoms with Crippen molar-refractivity contribution in [3.05, 3.63) is 82.0 Å². The molecule has 9 unspecified atom stereocenters. The summed E-state index contributed by atoms with van der Waals surface area (Å²) in [7, 11) is 0. The lowest BCUT2D eigenvalue weighted by Gasteiger charge is -2.95. The van der Waals surface area contributed by atoms with E-state index in [-0.39, 0.29) is 34.5 Å². The van der Waals surface area contributed by atoms with Crippen LogP contribution in [0.5, 0.6) is 0 Å². The van der Waals surface area contributed by atoms with Gasteiger partial charge in [-0.3, -0.25) is 19.2 Å². The Balaban J connectivity index is 1.03. The number of carbonyl (C=O) groups excluding carboxylic acids is 4. The maximum absolute atomic E-state index is 12.8. The van der Waals surface area contributed by atoms with Crippen LogP contribution in [0, 0.1) is 66.6 Å². The van der Waals surface area contributed by atoms with Gasteiger partial charge in [-0.05, 0) is 164 Å². The predicted octanol–water partition coefficient (Wildman–Crippen LogP) is 7.13. The minimum absolute atomic E-state index is 0.167. The Kier molecular flexibility index (Phi) is 4.33. The van der Waals surface area contributed by atoms with Crippen LogP contribution in [0.25, 0.3) is 0 Å². The first-order valence-electron chi connectivity index (χ1n) is 18.7. The summed E-state index contributed by atoms with van der Waals surface area (Å²) in [6, 6.07) is 9.63. The number of imide groups is 2. The average molecular weight is 651 g/mol. The molecule has 0 N–H and O–H groups in total. The van der Waals surface area contributed by atoms with Crippen LogP contribution in [0.3, 0.4) is 0 Å². The molecule has 4 amide bonds. The molecule has 0 saturated heterocycles. The van der Waals surface area contributed by atoms with Gasteiger partial charge in [0.1, 0.15) is 0 Å². The van der Waals surface area contributed by atoms with Crippen molar-refractivity contribution in [3.63, 3.8) is 0 Å². The van der Waals surface area contributed by atoms with Crippen LogP contribution in [0.15, 0.2) is 48.6 Å². The average Bonchev–Trinajstić information content (AvgIpc) is 3.56. The minimum atomic E-state index is -0.239. The Morgan fingerprint density at radius 3 is 1.61 bits per heavy atom. The summed E-state index contributed by atoms with van der Waals surface area (Å²) in [6.45, 7) is 8.45. The highest BCUT2D eigenvalue weighted by Crippen LogP contribution is 3.05. The SMILES string of the molecule is Cc1cc(C23CC45CC6C7(CC89CCC(C4)(C(C8)C27C5)C6(c2cc(C)c(N4C(=O)C=CC4=O)c(C)c2)C9)C3)cc(C)c1N1C(=O)C=CC1=O. The molecule has 2 aromatic carbocycles. The van der Waals surface area contributed by atoms with Crippen LogP contribution in [0.1, 0.15) is 97.6 Å². The van der Waals surface area contributed by atoms with Crippen LogP contribution in [0.2, 0.25) is 0 Å². The third-order valence-electron chi connectivity index (χ3n) is 17.6. The Labute approximate surface area is 287 Å². The number of hydrogen-bond acceptors (Lipinski definition) is 4. The topological polar surface area (TPSA) is 74.8 Å². The van der Waals surface area contributed by atoms with Gasteiger partial charge in [0.25, 0.3) is 23.6 Å². The van der Waals surface area contributed by atoms with E-state index in [2.05, 4.69) is 52.0 Å². The standard InChI is InChI=1S/C43H42N2O4/c1-23-11-27(12-24(2)35(23)44-31(46)5-6-32(44)47)40-19-38-15-29-41(22-40)17-37-9-10-39(18-38,30(16-37)43(40,41)21-38)42(29,20-37)28-13-25(3)36(26(4)14-28)45-33(48)7-8-34(45)49/h5-8,11-14,29-30H,9-10,15-22H2,1-4H3. The second-order valence-corrected chi connectivity index (χ2v) is 19.0. The van der Waals surface area contributed by atoms with Gasteiger partial charge in [0.05, 0.1) is 11.4 Å². The lowest BCUT2D eigenvalue weighted by molar-refractivity contribution is -0.440. The maximum Gasteiger partial charge on any atom is 0.258 e. The molecule has 2 aliphatic heterocycles. The van der Waals surface area contributed by atoms with Crippen LogP contribution in [0.4, 0.5) is 11.4 Å². The molecular weight excluding hydrogens is 608 g/mol. The first-order valence-corrected chi connectivity index (χ1v) is 18.7. The molecule has 13 aliphatic rings. The molecular formula is C43H42N2O4. The molecule has 2 aromatic rings. The molecule has 8 bridgehead atoms. The number of benzene rings is 2. The quantitative estimate of drug-likeness (QED) is 0.330. The summed E-state index contributed by atoms with van der Waals surface area (Å²) >= 11 is 0. The Morgan fingerprint density at radius 1 is 0.531 bits per heavy atom. The van der Waals surface area contributed by atoms with Crippen LogP contribution >= 0.6 is 0 Å². The zero-order chi connectivity index (χ0) is 33.5. The van der Waals surface area contributed by atoms with Gasteiger partial charge in [0.2, 0.25) is 0 Å². The summed E-state index contributed by atoms with van der Waals surface area (Å²) in [6.07, 6.45) is 19.1. The third kappa shape index (κ3) is 2.48. The van der Waals surface area contributed by atoms with E-state index in [9.17, 15) is 19.2 Å². The molecule has 6 heteroatoms. The summed E-state index contributed by atoms with van der Waals surface area (Å²) < 4.78 is 0. The van der Waals surface area contributed by atoms with Crippen molar-refractivity contribution in [2.45, 2.75) is 103 Å². The number of hydrogen-bond donors (Lipinski definition) is 0. The number of nitrogens with zero attached hydrogens (tertiary/aromatic N) is 2. The second-order valence-electron chi connectivity index (χ2n) is 19.0. The normalized spacial score (nSPS) is 46.4. The van der Waals surface area contributed by atoms with E-state index in [1.165, 1.54) is 109 Å². The number of amides is 4. The van der Waals surface area contributed by atoms with Crippen LogP contribution in [-0.4, -0.2) is 23.6 Å². The van der Waals surface area contributed by atoms with E-state index in [1.807, 2.05) is 0 Å². The van der Waals surface area contributed by atoms with Crippen LogP contribution in [-0.2, 0) is 30.0 Å². The lowest BCUT2D eigenvalue weighted by atomic mass is 9.08. The Bertz CT molecular complexity index is 2120. The Morgan fingerprint density at radius 2 is 1.04 bits per heavy atom. The molecule has 6 nitrogen and oxygen atoms in total. The van der Waals surface area contributed by atoms with E-state index < -0.39 is 0 Å². The van der Waals surface area contributed by atoms with Crippen molar-refractivity contribution in [2.24, 2.45) is 38.9 Å². The molecule has 15 rings (SSSR count). The van der Waals surface area contributed by atoms with E-state index >= 15 is 0 Å². The van der Waals surface area contributed by atoms with Gasteiger partial charge < -0.3 is 0 Å². The lowest BCUT2D eigenvalue weighted by Crippen LogP contribution is -2.90. The maximum atomic E-state index is 12.8. The summed E-state index contributed by atoms with van der Waals surface area (Å²) in [5.74, 6) is 0.446. The zero-order valence-electron chi connectivity index (χ0n) is 28.9. The van der Waals surface area contributed by atoms with Crippen molar-refractivity contribution < 1.29 is 19.2 Å². The third-order valence-corrected chi connectivity index (χ3v) is 17.6. The summed E-state index contributed by atoms with van der Waals surface area (Å²) in [5, 5.41) is 0. The molecule has 11 aliphatic carbocycles. The summed E-state index contributed by atoms with van der Waals surface area (Å²) in [4.78, 5) is 53.9. The summed E-state index contributed by atoms with van der Waals surface area (Å²) in [5.41, 5.74) is 10.9. The fourth-order valence-electron chi connectivity index (χ4n) is 17.6. The highest BCUT2D eigenvalue weighted by Gasteiger charge is 2.99. The van der Waals surface area contributed by atoms with Crippen molar-refractivity contribution in [1.82, 2.24) is 0 Å². The van der Waals surface area contributed by atoms with Gasteiger partial charge in [0.15, 0.2) is 0 Å². The molecule has 248 valence electrons. The predicted molar refractivity (Wildman–Crippen MR) is 184 cm³/mol. The minimum Gasteiger partial charge on any atom is -0.269 e. The Hall–Kier alpha value is -3.80. The fourth-order valence-corrected chi connectivity index (χ4v) is 17.6. The van der Waals surface area contributed by atoms with Gasteiger partial charge in [-0.25, -0.2) is 9.80 Å². The second kappa shape index (κ2) is 7.60. The number of carbonyl (C=O) groups is 4. The first-order chi connectivity index (χ1) is 23.3. The first kappa shape index (κ1) is 28.0. The van der Waals surface area contributed by atoms with Crippen molar-refractivity contribution in [2.75, 3.05) is 9.80 Å². The number of aryl methyl sites for hydroxylation is 4. The molecule has 9 atom stereocenters. The van der Waals surface area contributed by atoms with E-state index in [0.29, 0.717) is 33.0 Å². The fraction of sp³-hybridized carbons (Fsp3) is 0.535. The molecule has 11 saturated carbocycles. The molecule has 0 aromatic heterocycles. The van der Waals surface area contributed by atoms with Crippen molar-refractivity contribution >= 4 is 35.0 Å². The van der Waals surface area contributed by atoms with Crippen molar-refractivity contribution in [1.29, 1.82) is 0 Å².